The Kier molecular flexibility index (Phi) is 12.1. The summed E-state index contributed by atoms with van der Waals surface area (Å²) >= 11 is 0. The Bertz CT molecular complexity index is 718. The molecule has 0 radical (unpaired) electrons. The summed E-state index contributed by atoms with van der Waals surface area (Å²) in [4.78, 5) is 55.6. The van der Waals surface area contributed by atoms with E-state index < -0.39 is 17.5 Å². The molecule has 6 N–H and O–H groups in total. The molecule has 3 atom stereocenters. The number of rotatable bonds is 7. The Morgan fingerprint density at radius 2 is 1.85 bits per heavy atom. The first-order chi connectivity index (χ1) is 15.5. The van der Waals surface area contributed by atoms with Crippen LogP contribution >= 0.6 is 0 Å². The van der Waals surface area contributed by atoms with E-state index in [-0.39, 0.29) is 41.7 Å². The maximum Gasteiger partial charge on any atom is 0.224 e. The predicted octanol–water partition coefficient (Wildman–Crippen LogP) is 1.96. The lowest BCUT2D eigenvalue weighted by Gasteiger charge is -2.32. The molecule has 1 aliphatic rings. The highest BCUT2D eigenvalue weighted by Crippen LogP contribution is 2.24. The summed E-state index contributed by atoms with van der Waals surface area (Å²) < 4.78 is 0. The van der Waals surface area contributed by atoms with E-state index in [4.69, 9.17) is 11.5 Å². The molecule has 0 aromatic carbocycles. The lowest BCUT2D eigenvalue weighted by Crippen LogP contribution is -2.54. The van der Waals surface area contributed by atoms with E-state index in [0.29, 0.717) is 38.6 Å². The van der Waals surface area contributed by atoms with Crippen LogP contribution in [0.1, 0.15) is 91.9 Å². The minimum Gasteiger partial charge on any atom is -0.370 e. The number of nitrogens with zero attached hydrogens (tertiary/aromatic N) is 1. The van der Waals surface area contributed by atoms with Crippen molar-refractivity contribution in [2.24, 2.45) is 28.3 Å². The van der Waals surface area contributed by atoms with E-state index in [1.165, 1.54) is 0 Å². The molecule has 0 bridgehead atoms. The highest BCUT2D eigenvalue weighted by molar-refractivity contribution is 5.96. The van der Waals surface area contributed by atoms with Gasteiger partial charge in [-0.1, -0.05) is 40.0 Å². The number of hydrogen-bond acceptors (Lipinski definition) is 5. The van der Waals surface area contributed by atoms with Crippen LogP contribution in [0, 0.1) is 11.8 Å². The van der Waals surface area contributed by atoms with Crippen molar-refractivity contribution in [3.8, 4) is 0 Å². The monoisotopic (exact) mass is 465 g/mol. The van der Waals surface area contributed by atoms with Crippen LogP contribution in [-0.2, 0) is 19.2 Å². The Balaban J connectivity index is 3.15. The zero-order chi connectivity index (χ0) is 25.0. The number of amides is 2. The summed E-state index contributed by atoms with van der Waals surface area (Å²) in [5, 5.41) is 5.80. The Labute approximate surface area is 197 Å². The molecular formula is C24H43N5O4. The number of Topliss-reactive ketones (excluding diaryl/α,β-unsaturated/α-hetero) is 2. The Morgan fingerprint density at radius 1 is 1.18 bits per heavy atom. The summed E-state index contributed by atoms with van der Waals surface area (Å²) in [5.74, 6) is -1.55. The number of carbonyl (C=O) groups is 4. The van der Waals surface area contributed by atoms with E-state index in [1.54, 1.807) is 20.8 Å². The van der Waals surface area contributed by atoms with Gasteiger partial charge in [-0.2, -0.15) is 0 Å². The van der Waals surface area contributed by atoms with Crippen LogP contribution in [0.2, 0.25) is 0 Å². The zero-order valence-corrected chi connectivity index (χ0v) is 20.7. The van der Waals surface area contributed by atoms with Gasteiger partial charge in [-0.05, 0) is 39.0 Å². The third kappa shape index (κ3) is 9.92. The van der Waals surface area contributed by atoms with Crippen LogP contribution in [0.25, 0.3) is 0 Å². The van der Waals surface area contributed by atoms with Crippen LogP contribution in [0.3, 0.4) is 0 Å². The number of nitrogens with two attached hydrogens (primary N) is 2. The normalized spacial score (nSPS) is 25.8. The predicted molar refractivity (Wildman–Crippen MR) is 129 cm³/mol. The van der Waals surface area contributed by atoms with Crippen molar-refractivity contribution in [3.63, 3.8) is 0 Å². The quantitative estimate of drug-likeness (QED) is 0.256. The molecule has 0 unspecified atom stereocenters. The summed E-state index contributed by atoms with van der Waals surface area (Å²) in [6.07, 6.45) is 5.56. The van der Waals surface area contributed by atoms with Crippen molar-refractivity contribution in [3.05, 3.63) is 0 Å². The SMILES string of the molecule is CC[C@@H]1NC(=O)[C@H](CCCN=C(N)N)CC(=O)[C@](C)(NC(=O)C(C)C)CCCCCCC1=O. The van der Waals surface area contributed by atoms with Crippen LogP contribution in [0.5, 0.6) is 0 Å². The first kappa shape index (κ1) is 28.6. The fourth-order valence-electron chi connectivity index (χ4n) is 4.01. The van der Waals surface area contributed by atoms with E-state index in [0.717, 1.165) is 25.7 Å². The molecule has 9 nitrogen and oxygen atoms in total. The molecule has 1 heterocycles. The van der Waals surface area contributed by atoms with Gasteiger partial charge in [0.25, 0.3) is 0 Å². The number of nitrogens with one attached hydrogen (secondary N) is 2. The second kappa shape index (κ2) is 14.0. The molecule has 0 spiro atoms. The topological polar surface area (TPSA) is 157 Å². The molecule has 0 aromatic heterocycles. The summed E-state index contributed by atoms with van der Waals surface area (Å²) in [6, 6.07) is -0.553. The molecule has 2 amide bonds. The lowest BCUT2D eigenvalue weighted by atomic mass is 9.82. The van der Waals surface area contributed by atoms with Crippen LogP contribution in [-0.4, -0.2) is 47.5 Å². The van der Waals surface area contributed by atoms with Gasteiger partial charge in [0.15, 0.2) is 17.5 Å². The van der Waals surface area contributed by atoms with Crippen LogP contribution in [0.15, 0.2) is 4.99 Å². The standard InChI is InChI=1S/C24H43N5O4/c1-5-18-19(30)12-8-6-7-9-13-24(4,29-21(32)16(2)3)20(31)15-17(22(33)28-18)11-10-14-27-23(25)26/h16-18H,5-15H2,1-4H3,(H,28,33)(H,29,32)(H4,25,26,27)/t17-,18+,24-/m1/s1. The fourth-order valence-corrected chi connectivity index (χ4v) is 4.01. The highest BCUT2D eigenvalue weighted by Gasteiger charge is 2.37. The maximum atomic E-state index is 13.4. The van der Waals surface area contributed by atoms with Crippen LogP contribution in [0.4, 0.5) is 0 Å². The first-order valence-electron chi connectivity index (χ1n) is 12.2. The summed E-state index contributed by atoms with van der Waals surface area (Å²) in [5.41, 5.74) is 9.72. The first-order valence-corrected chi connectivity index (χ1v) is 12.2. The van der Waals surface area contributed by atoms with Gasteiger partial charge in [0, 0.05) is 31.2 Å². The highest BCUT2D eigenvalue weighted by atomic mass is 16.2. The molecule has 0 aliphatic carbocycles. The van der Waals surface area contributed by atoms with Gasteiger partial charge in [0.05, 0.1) is 11.6 Å². The number of guanidine groups is 1. The van der Waals surface area contributed by atoms with Gasteiger partial charge in [-0.25, -0.2) is 0 Å². The second-order valence-corrected chi connectivity index (χ2v) is 9.60. The van der Waals surface area contributed by atoms with E-state index in [1.807, 2.05) is 6.92 Å². The number of carbonyl (C=O) groups excluding carboxylic acids is 4. The van der Waals surface area contributed by atoms with E-state index in [2.05, 4.69) is 15.6 Å². The smallest absolute Gasteiger partial charge is 0.224 e. The van der Waals surface area contributed by atoms with Crippen molar-refractivity contribution in [2.75, 3.05) is 6.54 Å². The van der Waals surface area contributed by atoms with Gasteiger partial charge in [-0.15, -0.1) is 0 Å². The third-order valence-corrected chi connectivity index (χ3v) is 6.31. The van der Waals surface area contributed by atoms with E-state index in [9.17, 15) is 19.2 Å². The summed E-state index contributed by atoms with van der Waals surface area (Å²) in [7, 11) is 0. The van der Waals surface area contributed by atoms with Crippen LogP contribution < -0.4 is 22.1 Å². The number of ketones is 2. The molecule has 33 heavy (non-hydrogen) atoms. The van der Waals surface area contributed by atoms with Gasteiger partial charge in [0.2, 0.25) is 11.8 Å². The average molecular weight is 466 g/mol. The largest absolute Gasteiger partial charge is 0.370 e. The lowest BCUT2D eigenvalue weighted by molar-refractivity contribution is -0.137. The minimum atomic E-state index is -1.04. The van der Waals surface area contributed by atoms with Crippen molar-refractivity contribution in [2.45, 2.75) is 103 Å². The van der Waals surface area contributed by atoms with Gasteiger partial charge >= 0.3 is 0 Å². The molecule has 1 saturated heterocycles. The van der Waals surface area contributed by atoms with Crippen molar-refractivity contribution in [1.29, 1.82) is 0 Å². The Hall–Kier alpha value is -2.45. The van der Waals surface area contributed by atoms with Crippen molar-refractivity contribution in [1.82, 2.24) is 10.6 Å². The summed E-state index contributed by atoms with van der Waals surface area (Å²) in [6.45, 7) is 7.54. The van der Waals surface area contributed by atoms with Gasteiger partial charge < -0.3 is 22.1 Å². The molecule has 1 fully saturated rings. The molecule has 9 heteroatoms. The third-order valence-electron chi connectivity index (χ3n) is 6.31. The molecule has 188 valence electrons. The maximum absolute atomic E-state index is 13.4. The molecule has 0 aromatic rings. The molecule has 1 rings (SSSR count). The fraction of sp³-hybridized carbons (Fsp3) is 0.792. The van der Waals surface area contributed by atoms with Gasteiger partial charge in [-0.3, -0.25) is 24.2 Å². The minimum absolute atomic E-state index is 0.0207. The van der Waals surface area contributed by atoms with Crippen molar-refractivity contribution >= 4 is 29.3 Å². The molecular weight excluding hydrogens is 422 g/mol. The number of hydrogen-bond donors (Lipinski definition) is 4. The van der Waals surface area contributed by atoms with E-state index >= 15 is 0 Å². The molecule has 0 saturated carbocycles. The average Bonchev–Trinajstić information content (AvgIpc) is 2.74. The van der Waals surface area contributed by atoms with Gasteiger partial charge in [0.1, 0.15) is 0 Å². The molecule has 1 aliphatic heterocycles. The number of aliphatic imine (C=N–C) groups is 1. The van der Waals surface area contributed by atoms with Crippen molar-refractivity contribution < 1.29 is 19.2 Å². The second-order valence-electron chi connectivity index (χ2n) is 9.60. The zero-order valence-electron chi connectivity index (χ0n) is 20.7. The Morgan fingerprint density at radius 3 is 2.45 bits per heavy atom.